The predicted molar refractivity (Wildman–Crippen MR) is 123 cm³/mol. The highest BCUT2D eigenvalue weighted by molar-refractivity contribution is 9.10. The summed E-state index contributed by atoms with van der Waals surface area (Å²) in [6.45, 7) is 9.73. The van der Waals surface area contributed by atoms with Gasteiger partial charge in [-0.15, -0.1) is 0 Å². The van der Waals surface area contributed by atoms with E-state index in [0.29, 0.717) is 45.9 Å². The van der Waals surface area contributed by atoms with Crippen LogP contribution >= 0.6 is 15.9 Å². The van der Waals surface area contributed by atoms with Gasteiger partial charge in [0.2, 0.25) is 5.91 Å². The minimum absolute atomic E-state index is 0.0386. The van der Waals surface area contributed by atoms with E-state index in [1.807, 2.05) is 54.0 Å². The molecular formula is C23H29BrN4O3. The van der Waals surface area contributed by atoms with Gasteiger partial charge < -0.3 is 19.1 Å². The lowest BCUT2D eigenvalue weighted by molar-refractivity contribution is -0.134. The highest BCUT2D eigenvalue weighted by Gasteiger charge is 2.28. The molecule has 2 aliphatic rings. The van der Waals surface area contributed by atoms with Gasteiger partial charge in [-0.05, 0) is 44.2 Å². The van der Waals surface area contributed by atoms with Gasteiger partial charge in [-0.1, -0.05) is 15.9 Å². The summed E-state index contributed by atoms with van der Waals surface area (Å²) in [6.07, 6.45) is 0. The highest BCUT2D eigenvalue weighted by atomic mass is 79.9. The lowest BCUT2D eigenvalue weighted by Crippen LogP contribution is -2.53. The summed E-state index contributed by atoms with van der Waals surface area (Å²) >= 11 is 3.47. The number of halogens is 1. The van der Waals surface area contributed by atoms with E-state index < -0.39 is 0 Å². The van der Waals surface area contributed by atoms with Crippen LogP contribution in [0.3, 0.4) is 0 Å². The first-order valence-electron chi connectivity index (χ1n) is 10.8. The zero-order valence-electron chi connectivity index (χ0n) is 18.1. The van der Waals surface area contributed by atoms with E-state index in [1.165, 1.54) is 0 Å². The van der Waals surface area contributed by atoms with Crippen molar-refractivity contribution >= 4 is 27.7 Å². The van der Waals surface area contributed by atoms with Crippen LogP contribution in [0.1, 0.15) is 21.7 Å². The molecule has 1 aromatic carbocycles. The smallest absolute Gasteiger partial charge is 0.255 e. The van der Waals surface area contributed by atoms with Crippen molar-refractivity contribution in [3.05, 3.63) is 51.8 Å². The molecule has 8 heteroatoms. The maximum absolute atomic E-state index is 13.2. The molecular weight excluding hydrogens is 460 g/mol. The van der Waals surface area contributed by atoms with Crippen LogP contribution in [0.15, 0.2) is 34.8 Å². The summed E-state index contributed by atoms with van der Waals surface area (Å²) in [6, 6.07) is 10.1. The van der Waals surface area contributed by atoms with E-state index in [-0.39, 0.29) is 11.8 Å². The number of aryl methyl sites for hydroxylation is 1. The molecule has 0 N–H and O–H groups in total. The van der Waals surface area contributed by atoms with Crippen molar-refractivity contribution in [3.63, 3.8) is 0 Å². The molecule has 0 aliphatic carbocycles. The van der Waals surface area contributed by atoms with Crippen LogP contribution in [0.4, 0.5) is 0 Å². The van der Waals surface area contributed by atoms with E-state index in [2.05, 4.69) is 25.4 Å². The van der Waals surface area contributed by atoms with Crippen LogP contribution in [-0.2, 0) is 9.53 Å². The van der Waals surface area contributed by atoms with E-state index in [9.17, 15) is 9.59 Å². The number of carbonyl (C=O) groups excluding carboxylic acids is 2. The summed E-state index contributed by atoms with van der Waals surface area (Å²) in [7, 11) is 0. The first kappa shape index (κ1) is 22.0. The number of amides is 2. The Morgan fingerprint density at radius 3 is 2.19 bits per heavy atom. The molecule has 1 aromatic heterocycles. The highest BCUT2D eigenvalue weighted by Crippen LogP contribution is 2.24. The largest absolute Gasteiger partial charge is 0.379 e. The SMILES string of the molecule is Cc1cc(C(=O)N2CCN(C(=O)CN3CCOCC3)CC2)c(C)n1-c1ccc(Br)cc1. The lowest BCUT2D eigenvalue weighted by atomic mass is 10.2. The van der Waals surface area contributed by atoms with Crippen molar-refractivity contribution in [2.75, 3.05) is 59.0 Å². The van der Waals surface area contributed by atoms with Crippen LogP contribution in [0, 0.1) is 13.8 Å². The van der Waals surface area contributed by atoms with E-state index in [0.717, 1.165) is 40.2 Å². The molecule has 2 amide bonds. The molecule has 166 valence electrons. The van der Waals surface area contributed by atoms with E-state index in [4.69, 9.17) is 4.74 Å². The quantitative estimate of drug-likeness (QED) is 0.663. The third kappa shape index (κ3) is 4.86. The van der Waals surface area contributed by atoms with Crippen molar-refractivity contribution in [1.82, 2.24) is 19.3 Å². The summed E-state index contributed by atoms with van der Waals surface area (Å²) in [5, 5.41) is 0. The van der Waals surface area contributed by atoms with Crippen molar-refractivity contribution < 1.29 is 14.3 Å². The minimum Gasteiger partial charge on any atom is -0.379 e. The van der Waals surface area contributed by atoms with Crippen LogP contribution in [0.25, 0.3) is 5.69 Å². The molecule has 2 aromatic rings. The van der Waals surface area contributed by atoms with Crippen LogP contribution in [0.2, 0.25) is 0 Å². The average Bonchev–Trinajstić information content (AvgIpc) is 3.08. The standard InChI is InChI=1S/C23H29BrN4O3/c1-17-15-21(18(2)28(17)20-5-3-19(24)4-6-20)23(30)27-9-7-26(8-10-27)22(29)16-25-11-13-31-14-12-25/h3-6,15H,7-14,16H2,1-2H3. The Morgan fingerprint density at radius 2 is 1.55 bits per heavy atom. The first-order valence-corrected chi connectivity index (χ1v) is 11.6. The van der Waals surface area contributed by atoms with Gasteiger partial charge in [0.15, 0.2) is 0 Å². The third-order valence-electron chi connectivity index (χ3n) is 6.13. The molecule has 0 bridgehead atoms. The summed E-state index contributed by atoms with van der Waals surface area (Å²) in [5.41, 5.74) is 3.74. The molecule has 0 saturated carbocycles. The molecule has 2 saturated heterocycles. The number of hydrogen-bond donors (Lipinski definition) is 0. The molecule has 0 atom stereocenters. The minimum atomic E-state index is 0.0386. The Hall–Kier alpha value is -2.16. The molecule has 2 fully saturated rings. The van der Waals surface area contributed by atoms with Crippen molar-refractivity contribution in [1.29, 1.82) is 0 Å². The van der Waals surface area contributed by atoms with E-state index >= 15 is 0 Å². The normalized spacial score (nSPS) is 17.8. The topological polar surface area (TPSA) is 58.0 Å². The molecule has 7 nitrogen and oxygen atoms in total. The van der Waals surface area contributed by atoms with Gasteiger partial charge in [0.05, 0.1) is 25.3 Å². The zero-order chi connectivity index (χ0) is 22.0. The summed E-state index contributed by atoms with van der Waals surface area (Å²) < 4.78 is 8.48. The Balaban J connectivity index is 1.39. The Morgan fingerprint density at radius 1 is 0.935 bits per heavy atom. The first-order chi connectivity index (χ1) is 14.9. The number of carbonyl (C=O) groups is 2. The van der Waals surface area contributed by atoms with E-state index in [1.54, 1.807) is 0 Å². The Bertz CT molecular complexity index is 942. The van der Waals surface area contributed by atoms with Gasteiger partial charge in [-0.2, -0.15) is 0 Å². The van der Waals surface area contributed by atoms with Crippen LogP contribution in [0.5, 0.6) is 0 Å². The second-order valence-electron chi connectivity index (χ2n) is 8.16. The molecule has 4 rings (SSSR count). The fraction of sp³-hybridized carbons (Fsp3) is 0.478. The average molecular weight is 489 g/mol. The zero-order valence-corrected chi connectivity index (χ0v) is 19.7. The summed E-state index contributed by atoms with van der Waals surface area (Å²) in [5.74, 6) is 0.180. The number of morpholine rings is 1. The number of aromatic nitrogens is 1. The monoisotopic (exact) mass is 488 g/mol. The molecule has 0 unspecified atom stereocenters. The van der Waals surface area contributed by atoms with Gasteiger partial charge in [0, 0.05) is 60.8 Å². The third-order valence-corrected chi connectivity index (χ3v) is 6.66. The Kier molecular flexibility index (Phi) is 6.79. The Labute approximate surface area is 191 Å². The number of hydrogen-bond acceptors (Lipinski definition) is 4. The van der Waals surface area contributed by atoms with Crippen molar-refractivity contribution in [2.24, 2.45) is 0 Å². The van der Waals surface area contributed by atoms with Crippen LogP contribution in [-0.4, -0.2) is 90.1 Å². The van der Waals surface area contributed by atoms with Gasteiger partial charge in [0.25, 0.3) is 5.91 Å². The molecule has 0 radical (unpaired) electrons. The van der Waals surface area contributed by atoms with Gasteiger partial charge in [-0.3, -0.25) is 14.5 Å². The molecule has 3 heterocycles. The number of ether oxygens (including phenoxy) is 1. The number of benzene rings is 1. The van der Waals surface area contributed by atoms with Crippen molar-refractivity contribution in [2.45, 2.75) is 13.8 Å². The molecule has 2 aliphatic heterocycles. The number of piperazine rings is 1. The van der Waals surface area contributed by atoms with Crippen molar-refractivity contribution in [3.8, 4) is 5.69 Å². The second-order valence-corrected chi connectivity index (χ2v) is 9.07. The maximum Gasteiger partial charge on any atom is 0.255 e. The number of rotatable bonds is 4. The second kappa shape index (κ2) is 9.54. The fourth-order valence-corrected chi connectivity index (χ4v) is 4.61. The van der Waals surface area contributed by atoms with Crippen LogP contribution < -0.4 is 0 Å². The number of nitrogens with zero attached hydrogens (tertiary/aromatic N) is 4. The van der Waals surface area contributed by atoms with Gasteiger partial charge >= 0.3 is 0 Å². The predicted octanol–water partition coefficient (Wildman–Crippen LogP) is 2.47. The lowest BCUT2D eigenvalue weighted by Gasteiger charge is -2.36. The van der Waals surface area contributed by atoms with Gasteiger partial charge in [0.1, 0.15) is 0 Å². The maximum atomic E-state index is 13.2. The van der Waals surface area contributed by atoms with Gasteiger partial charge in [-0.25, -0.2) is 0 Å². The molecule has 31 heavy (non-hydrogen) atoms. The summed E-state index contributed by atoms with van der Waals surface area (Å²) in [4.78, 5) is 31.8. The molecule has 0 spiro atoms. The fourth-order valence-electron chi connectivity index (χ4n) is 4.35.